The lowest BCUT2D eigenvalue weighted by molar-refractivity contribution is 0.0693. The van der Waals surface area contributed by atoms with Crippen molar-refractivity contribution < 1.29 is 9.21 Å². The molecule has 0 spiro atoms. The summed E-state index contributed by atoms with van der Waals surface area (Å²) in [6, 6.07) is 20.4. The fourth-order valence-corrected chi connectivity index (χ4v) is 5.04. The van der Waals surface area contributed by atoms with E-state index in [9.17, 15) is 4.79 Å². The Kier molecular flexibility index (Phi) is 6.93. The van der Waals surface area contributed by atoms with Gasteiger partial charge in [-0.2, -0.15) is 0 Å². The Hall–Kier alpha value is -2.37. The normalized spacial score (nSPS) is 16.5. The quantitative estimate of drug-likeness (QED) is 0.456. The lowest BCUT2D eigenvalue weighted by atomic mass is 10.1. The van der Waals surface area contributed by atoms with Gasteiger partial charge in [0, 0.05) is 42.1 Å². The van der Waals surface area contributed by atoms with Gasteiger partial charge in [0.05, 0.1) is 5.75 Å². The second-order valence-electron chi connectivity index (χ2n) is 8.02. The maximum absolute atomic E-state index is 13.0. The zero-order chi connectivity index (χ0) is 21.8. The van der Waals surface area contributed by atoms with Gasteiger partial charge in [0.15, 0.2) is 5.76 Å². The molecule has 1 aromatic heterocycles. The summed E-state index contributed by atoms with van der Waals surface area (Å²) in [5.41, 5.74) is 3.65. The van der Waals surface area contributed by atoms with Crippen LogP contribution in [0, 0.1) is 6.92 Å². The molecular weight excluding hydrogens is 428 g/mol. The Bertz CT molecular complexity index is 1050. The zero-order valence-corrected chi connectivity index (χ0v) is 19.5. The number of benzene rings is 2. The van der Waals surface area contributed by atoms with Gasteiger partial charge >= 0.3 is 0 Å². The molecule has 31 heavy (non-hydrogen) atoms. The standard InChI is InChI=1S/C25H27ClN2O2S/c1-18-5-3-8-22(13-18)28-12-11-27(15-19(28)2)25(29)24-10-9-23(30-24)17-31-16-20-6-4-7-21(26)14-20/h3-10,13-14,19H,11-12,15-17H2,1-2H3/t19-/m1/s1. The Labute approximate surface area is 193 Å². The van der Waals surface area contributed by atoms with Crippen molar-refractivity contribution in [1.29, 1.82) is 0 Å². The van der Waals surface area contributed by atoms with Crippen molar-refractivity contribution in [2.75, 3.05) is 24.5 Å². The molecule has 162 valence electrons. The number of carbonyl (C=O) groups is 1. The molecule has 6 heteroatoms. The van der Waals surface area contributed by atoms with Crippen molar-refractivity contribution in [3.63, 3.8) is 0 Å². The number of hydrogen-bond donors (Lipinski definition) is 0. The van der Waals surface area contributed by atoms with Crippen LogP contribution >= 0.6 is 23.4 Å². The summed E-state index contributed by atoms with van der Waals surface area (Å²) in [6.45, 7) is 6.47. The van der Waals surface area contributed by atoms with E-state index in [0.29, 0.717) is 18.8 Å². The van der Waals surface area contributed by atoms with Gasteiger partial charge < -0.3 is 14.2 Å². The predicted molar refractivity (Wildman–Crippen MR) is 129 cm³/mol. The third-order valence-electron chi connectivity index (χ3n) is 5.52. The first-order chi connectivity index (χ1) is 15.0. The van der Waals surface area contributed by atoms with Crippen LogP contribution in [-0.4, -0.2) is 36.5 Å². The van der Waals surface area contributed by atoms with E-state index in [1.807, 2.05) is 29.2 Å². The number of rotatable bonds is 6. The number of piperazine rings is 1. The van der Waals surface area contributed by atoms with Crippen LogP contribution in [0.2, 0.25) is 5.02 Å². The number of furan rings is 1. The summed E-state index contributed by atoms with van der Waals surface area (Å²) < 4.78 is 5.87. The molecule has 0 N–H and O–H groups in total. The summed E-state index contributed by atoms with van der Waals surface area (Å²) in [4.78, 5) is 17.3. The number of aryl methyl sites for hydroxylation is 1. The first kappa shape index (κ1) is 21.8. The topological polar surface area (TPSA) is 36.7 Å². The minimum absolute atomic E-state index is 0.0261. The van der Waals surface area contributed by atoms with Crippen LogP contribution < -0.4 is 4.90 Å². The van der Waals surface area contributed by atoms with E-state index in [2.05, 4.69) is 49.1 Å². The van der Waals surface area contributed by atoms with Crippen LogP contribution in [0.1, 0.15) is 34.4 Å². The Morgan fingerprint density at radius 1 is 1.10 bits per heavy atom. The van der Waals surface area contributed by atoms with Gasteiger partial charge in [0.1, 0.15) is 5.76 Å². The molecule has 4 rings (SSSR count). The Morgan fingerprint density at radius 2 is 1.94 bits per heavy atom. The highest BCUT2D eigenvalue weighted by Crippen LogP contribution is 2.24. The molecule has 1 atom stereocenters. The van der Waals surface area contributed by atoms with Crippen molar-refractivity contribution in [3.8, 4) is 0 Å². The summed E-state index contributed by atoms with van der Waals surface area (Å²) >= 11 is 7.79. The average Bonchev–Trinajstić information content (AvgIpc) is 3.22. The van der Waals surface area contributed by atoms with Gasteiger partial charge in [-0.1, -0.05) is 35.9 Å². The van der Waals surface area contributed by atoms with Crippen molar-refractivity contribution in [3.05, 3.63) is 88.3 Å². The number of hydrogen-bond acceptors (Lipinski definition) is 4. The summed E-state index contributed by atoms with van der Waals surface area (Å²) in [5.74, 6) is 2.79. The largest absolute Gasteiger partial charge is 0.455 e. The molecule has 0 aliphatic carbocycles. The van der Waals surface area contributed by atoms with E-state index < -0.39 is 0 Å². The monoisotopic (exact) mass is 454 g/mol. The van der Waals surface area contributed by atoms with Crippen LogP contribution in [0.25, 0.3) is 0 Å². The molecule has 1 aliphatic rings. The molecule has 0 bridgehead atoms. The van der Waals surface area contributed by atoms with Gasteiger partial charge in [-0.15, -0.1) is 11.8 Å². The van der Waals surface area contributed by atoms with Crippen LogP contribution in [0.5, 0.6) is 0 Å². The van der Waals surface area contributed by atoms with Crippen molar-refractivity contribution in [1.82, 2.24) is 4.90 Å². The molecule has 0 saturated carbocycles. The maximum Gasteiger partial charge on any atom is 0.289 e. The molecule has 1 saturated heterocycles. The lowest BCUT2D eigenvalue weighted by Crippen LogP contribution is -2.53. The maximum atomic E-state index is 13.0. The summed E-state index contributed by atoms with van der Waals surface area (Å²) in [7, 11) is 0. The lowest BCUT2D eigenvalue weighted by Gasteiger charge is -2.41. The van der Waals surface area contributed by atoms with E-state index in [-0.39, 0.29) is 11.9 Å². The van der Waals surface area contributed by atoms with Gasteiger partial charge in [0.2, 0.25) is 0 Å². The van der Waals surface area contributed by atoms with Gasteiger partial charge in [0.25, 0.3) is 5.91 Å². The van der Waals surface area contributed by atoms with E-state index in [4.69, 9.17) is 16.0 Å². The van der Waals surface area contributed by atoms with Crippen molar-refractivity contribution in [2.24, 2.45) is 0 Å². The van der Waals surface area contributed by atoms with Crippen LogP contribution in [-0.2, 0) is 11.5 Å². The molecule has 4 nitrogen and oxygen atoms in total. The second-order valence-corrected chi connectivity index (χ2v) is 9.44. The third-order valence-corrected chi connectivity index (χ3v) is 6.78. The Morgan fingerprint density at radius 3 is 2.71 bits per heavy atom. The predicted octanol–water partition coefficient (Wildman–Crippen LogP) is 6.03. The molecular formula is C25H27ClN2O2S. The SMILES string of the molecule is Cc1cccc(N2CCN(C(=O)c3ccc(CSCc4cccc(Cl)c4)o3)C[C@H]2C)c1. The smallest absolute Gasteiger partial charge is 0.289 e. The van der Waals surface area contributed by atoms with Gasteiger partial charge in [-0.3, -0.25) is 4.79 Å². The number of halogens is 1. The number of anilines is 1. The minimum atomic E-state index is -0.0261. The van der Waals surface area contributed by atoms with E-state index in [1.165, 1.54) is 16.8 Å². The highest BCUT2D eigenvalue weighted by molar-refractivity contribution is 7.97. The average molecular weight is 455 g/mol. The van der Waals surface area contributed by atoms with Crippen molar-refractivity contribution in [2.45, 2.75) is 31.4 Å². The highest BCUT2D eigenvalue weighted by atomic mass is 35.5. The number of nitrogens with zero attached hydrogens (tertiary/aromatic N) is 2. The summed E-state index contributed by atoms with van der Waals surface area (Å²) in [6.07, 6.45) is 0. The summed E-state index contributed by atoms with van der Waals surface area (Å²) in [5, 5.41) is 0.751. The van der Waals surface area contributed by atoms with Crippen LogP contribution in [0.3, 0.4) is 0 Å². The molecule has 1 aliphatic heterocycles. The van der Waals surface area contributed by atoms with E-state index in [0.717, 1.165) is 28.8 Å². The molecule has 2 aromatic carbocycles. The fourth-order valence-electron chi connectivity index (χ4n) is 3.95. The van der Waals surface area contributed by atoms with Crippen molar-refractivity contribution >= 4 is 35.0 Å². The number of amides is 1. The molecule has 1 amide bonds. The van der Waals surface area contributed by atoms with E-state index >= 15 is 0 Å². The second kappa shape index (κ2) is 9.84. The third kappa shape index (κ3) is 5.46. The minimum Gasteiger partial charge on any atom is -0.455 e. The number of carbonyl (C=O) groups excluding carboxylic acids is 1. The van der Waals surface area contributed by atoms with Crippen LogP contribution in [0.4, 0.5) is 5.69 Å². The first-order valence-corrected chi connectivity index (χ1v) is 12.1. The number of thioether (sulfide) groups is 1. The molecule has 0 unspecified atom stereocenters. The molecule has 3 aromatic rings. The zero-order valence-electron chi connectivity index (χ0n) is 17.9. The van der Waals surface area contributed by atoms with E-state index in [1.54, 1.807) is 17.8 Å². The van der Waals surface area contributed by atoms with Gasteiger partial charge in [-0.25, -0.2) is 0 Å². The molecule has 1 fully saturated rings. The highest BCUT2D eigenvalue weighted by Gasteiger charge is 2.29. The Balaban J connectivity index is 1.31. The fraction of sp³-hybridized carbons (Fsp3) is 0.320. The van der Waals surface area contributed by atoms with Crippen LogP contribution in [0.15, 0.2) is 65.1 Å². The van der Waals surface area contributed by atoms with Gasteiger partial charge in [-0.05, 0) is 61.4 Å². The molecule has 0 radical (unpaired) electrons. The first-order valence-electron chi connectivity index (χ1n) is 10.5. The molecule has 2 heterocycles.